The van der Waals surface area contributed by atoms with E-state index in [0.29, 0.717) is 18.7 Å². The smallest absolute Gasteiger partial charge is 0.253 e. The number of hydrogen-bond acceptors (Lipinski definition) is 4. The van der Waals surface area contributed by atoms with Gasteiger partial charge in [0.25, 0.3) is 5.91 Å². The molecule has 0 radical (unpaired) electrons. The Morgan fingerprint density at radius 3 is 2.07 bits per heavy atom. The number of sulfonamides is 1. The van der Waals surface area contributed by atoms with E-state index in [0.717, 1.165) is 38.8 Å². The van der Waals surface area contributed by atoms with Gasteiger partial charge in [-0.2, -0.15) is 4.31 Å². The lowest BCUT2D eigenvalue weighted by molar-refractivity contribution is 0.0703. The summed E-state index contributed by atoms with van der Waals surface area (Å²) in [7, 11) is -1.68. The molecule has 8 heteroatoms. The monoisotopic (exact) mass is 417 g/mol. The fourth-order valence-corrected chi connectivity index (χ4v) is 4.96. The lowest BCUT2D eigenvalue weighted by atomic mass is 10.0. The molecule has 1 aliphatic heterocycles. The van der Waals surface area contributed by atoms with Crippen molar-refractivity contribution >= 4 is 28.3 Å². The molecular weight excluding hydrogens is 386 g/mol. The topological polar surface area (TPSA) is 69.7 Å². The molecule has 1 saturated heterocycles. The van der Waals surface area contributed by atoms with Gasteiger partial charge in [0, 0.05) is 31.7 Å². The molecule has 1 aromatic rings. The molecule has 1 heterocycles. The number of carbonyl (C=O) groups excluding carboxylic acids is 1. The third-order valence-electron chi connectivity index (χ3n) is 4.86. The van der Waals surface area contributed by atoms with Crippen molar-refractivity contribution in [3.63, 3.8) is 0 Å². The molecule has 1 aliphatic rings. The van der Waals surface area contributed by atoms with Gasteiger partial charge in [0.05, 0.1) is 4.90 Å². The Balaban J connectivity index is 0.00000364. The van der Waals surface area contributed by atoms with Gasteiger partial charge in [-0.05, 0) is 63.0 Å². The summed E-state index contributed by atoms with van der Waals surface area (Å²) in [6, 6.07) is 6.59. The maximum absolute atomic E-state index is 12.8. The third-order valence-corrected chi connectivity index (χ3v) is 6.77. The molecule has 0 bridgehead atoms. The first-order valence-corrected chi connectivity index (χ1v) is 10.9. The molecule has 1 N–H and O–H groups in total. The maximum atomic E-state index is 12.8. The van der Waals surface area contributed by atoms with Gasteiger partial charge in [0.15, 0.2) is 0 Å². The predicted octanol–water partition coefficient (Wildman–Crippen LogP) is 2.74. The van der Waals surface area contributed by atoms with Crippen molar-refractivity contribution in [2.24, 2.45) is 0 Å². The molecule has 154 valence electrons. The zero-order chi connectivity index (χ0) is 19.2. The zero-order valence-electron chi connectivity index (χ0n) is 16.5. The minimum Gasteiger partial charge on any atom is -0.339 e. The van der Waals surface area contributed by atoms with E-state index in [-0.39, 0.29) is 29.3 Å². The minimum atomic E-state index is -3.51. The molecule has 0 aromatic heterocycles. The Hall–Kier alpha value is -1.15. The number of piperidine rings is 1. The normalized spacial score (nSPS) is 15.4. The molecule has 2 rings (SSSR count). The van der Waals surface area contributed by atoms with Gasteiger partial charge in [-0.3, -0.25) is 4.79 Å². The first kappa shape index (κ1) is 23.9. The standard InChI is InChI=1S/C19H31N3O3S.ClH/c1-4-14-22(15-5-2)26(24,25)18-8-6-16(7-9-18)19(23)21(3)17-10-12-20-13-11-17;/h6-9,17,20H,4-5,10-15H2,1-3H3;1H. The summed E-state index contributed by atoms with van der Waals surface area (Å²) < 4.78 is 27.1. The van der Waals surface area contributed by atoms with Crippen LogP contribution in [0.1, 0.15) is 49.9 Å². The average molecular weight is 418 g/mol. The van der Waals surface area contributed by atoms with Crippen LogP contribution in [0.2, 0.25) is 0 Å². The van der Waals surface area contributed by atoms with Crippen LogP contribution in [0, 0.1) is 0 Å². The second-order valence-electron chi connectivity index (χ2n) is 6.83. The molecule has 1 amide bonds. The van der Waals surface area contributed by atoms with Crippen LogP contribution in [0.4, 0.5) is 0 Å². The van der Waals surface area contributed by atoms with Crippen LogP contribution >= 0.6 is 12.4 Å². The number of hydrogen-bond donors (Lipinski definition) is 1. The van der Waals surface area contributed by atoms with Gasteiger partial charge in [-0.25, -0.2) is 8.42 Å². The highest BCUT2D eigenvalue weighted by Crippen LogP contribution is 2.19. The van der Waals surface area contributed by atoms with Crippen molar-refractivity contribution in [3.8, 4) is 0 Å². The fraction of sp³-hybridized carbons (Fsp3) is 0.632. The largest absolute Gasteiger partial charge is 0.339 e. The number of halogens is 1. The van der Waals surface area contributed by atoms with Gasteiger partial charge in [-0.1, -0.05) is 13.8 Å². The molecule has 0 saturated carbocycles. The van der Waals surface area contributed by atoms with Crippen molar-refractivity contribution in [1.29, 1.82) is 0 Å². The van der Waals surface area contributed by atoms with Gasteiger partial charge in [0.1, 0.15) is 0 Å². The van der Waals surface area contributed by atoms with Crippen LogP contribution in [-0.4, -0.2) is 62.8 Å². The van der Waals surface area contributed by atoms with Crippen molar-refractivity contribution in [1.82, 2.24) is 14.5 Å². The van der Waals surface area contributed by atoms with Crippen LogP contribution in [0.5, 0.6) is 0 Å². The number of amides is 1. The number of nitrogens with zero attached hydrogens (tertiary/aromatic N) is 2. The molecule has 6 nitrogen and oxygen atoms in total. The van der Waals surface area contributed by atoms with E-state index in [2.05, 4.69) is 5.32 Å². The second kappa shape index (κ2) is 11.0. The number of nitrogens with one attached hydrogen (secondary N) is 1. The molecule has 1 fully saturated rings. The Bertz CT molecular complexity index is 683. The number of carbonyl (C=O) groups is 1. The first-order valence-electron chi connectivity index (χ1n) is 9.49. The van der Waals surface area contributed by atoms with Crippen LogP contribution in [0.15, 0.2) is 29.2 Å². The summed E-state index contributed by atoms with van der Waals surface area (Å²) in [5.74, 6) is -0.0557. The maximum Gasteiger partial charge on any atom is 0.253 e. The lowest BCUT2D eigenvalue weighted by Gasteiger charge is -2.31. The van der Waals surface area contributed by atoms with Gasteiger partial charge in [-0.15, -0.1) is 12.4 Å². The highest BCUT2D eigenvalue weighted by molar-refractivity contribution is 7.89. The van der Waals surface area contributed by atoms with Gasteiger partial charge < -0.3 is 10.2 Å². The predicted molar refractivity (Wildman–Crippen MR) is 111 cm³/mol. The van der Waals surface area contributed by atoms with Crippen LogP contribution in [0.25, 0.3) is 0 Å². The van der Waals surface area contributed by atoms with E-state index in [4.69, 9.17) is 0 Å². The Kier molecular flexibility index (Phi) is 9.73. The van der Waals surface area contributed by atoms with E-state index in [9.17, 15) is 13.2 Å². The lowest BCUT2D eigenvalue weighted by Crippen LogP contribution is -2.43. The van der Waals surface area contributed by atoms with E-state index >= 15 is 0 Å². The second-order valence-corrected chi connectivity index (χ2v) is 8.76. The first-order chi connectivity index (χ1) is 12.4. The van der Waals surface area contributed by atoms with Crippen molar-refractivity contribution in [3.05, 3.63) is 29.8 Å². The number of rotatable bonds is 8. The SMILES string of the molecule is CCCN(CCC)S(=O)(=O)c1ccc(C(=O)N(C)C2CCNCC2)cc1.Cl. The molecular formula is C19H32ClN3O3S. The Labute approximate surface area is 169 Å². The minimum absolute atomic E-state index is 0. The van der Waals surface area contributed by atoms with E-state index in [1.807, 2.05) is 20.9 Å². The molecule has 0 spiro atoms. The number of benzene rings is 1. The van der Waals surface area contributed by atoms with Crippen molar-refractivity contribution < 1.29 is 13.2 Å². The highest BCUT2D eigenvalue weighted by atomic mass is 35.5. The Morgan fingerprint density at radius 2 is 1.59 bits per heavy atom. The van der Waals surface area contributed by atoms with E-state index in [1.165, 1.54) is 4.31 Å². The van der Waals surface area contributed by atoms with Crippen LogP contribution in [-0.2, 0) is 10.0 Å². The summed E-state index contributed by atoms with van der Waals surface area (Å²) in [4.78, 5) is 14.7. The average Bonchev–Trinajstić information content (AvgIpc) is 2.67. The molecule has 0 aliphatic carbocycles. The molecule has 0 atom stereocenters. The van der Waals surface area contributed by atoms with E-state index in [1.54, 1.807) is 29.2 Å². The third kappa shape index (κ3) is 5.91. The molecule has 0 unspecified atom stereocenters. The van der Waals surface area contributed by atoms with E-state index < -0.39 is 10.0 Å². The molecule has 1 aromatic carbocycles. The van der Waals surface area contributed by atoms with Crippen LogP contribution in [0.3, 0.4) is 0 Å². The Morgan fingerprint density at radius 1 is 1.07 bits per heavy atom. The molecule has 27 heavy (non-hydrogen) atoms. The van der Waals surface area contributed by atoms with Crippen LogP contribution < -0.4 is 5.32 Å². The van der Waals surface area contributed by atoms with Crippen molar-refractivity contribution in [2.75, 3.05) is 33.2 Å². The van der Waals surface area contributed by atoms with Gasteiger partial charge >= 0.3 is 0 Å². The summed E-state index contributed by atoms with van der Waals surface area (Å²) in [6.45, 7) is 6.80. The fourth-order valence-electron chi connectivity index (χ4n) is 3.33. The summed E-state index contributed by atoms with van der Waals surface area (Å²) in [5, 5.41) is 3.29. The summed E-state index contributed by atoms with van der Waals surface area (Å²) in [6.07, 6.45) is 3.43. The summed E-state index contributed by atoms with van der Waals surface area (Å²) in [5.41, 5.74) is 0.530. The quantitative estimate of drug-likeness (QED) is 0.706. The highest BCUT2D eigenvalue weighted by Gasteiger charge is 2.25. The van der Waals surface area contributed by atoms with Gasteiger partial charge in [0.2, 0.25) is 10.0 Å². The summed E-state index contributed by atoms with van der Waals surface area (Å²) >= 11 is 0. The van der Waals surface area contributed by atoms with Crippen molar-refractivity contribution in [2.45, 2.75) is 50.5 Å². The zero-order valence-corrected chi connectivity index (χ0v) is 18.1.